The highest BCUT2D eigenvalue weighted by molar-refractivity contribution is 6.03. The van der Waals surface area contributed by atoms with Crippen LogP contribution < -0.4 is 10.6 Å². The maximum atomic E-state index is 14.6. The van der Waals surface area contributed by atoms with Crippen molar-refractivity contribution in [2.24, 2.45) is 0 Å². The first-order valence-electron chi connectivity index (χ1n) is 17.3. The van der Waals surface area contributed by atoms with Crippen LogP contribution in [0.5, 0.6) is 0 Å². The number of benzene rings is 3. The second-order valence-corrected chi connectivity index (χ2v) is 12.9. The molecule has 0 saturated carbocycles. The molecule has 5 rings (SSSR count). The Balaban J connectivity index is 1.52. The maximum absolute atomic E-state index is 14.6. The fourth-order valence-electron chi connectivity index (χ4n) is 6.40. The predicted octanol–water partition coefficient (Wildman–Crippen LogP) is 7.04. The van der Waals surface area contributed by atoms with Crippen LogP contribution in [0.2, 0.25) is 0 Å². The van der Waals surface area contributed by atoms with Crippen molar-refractivity contribution < 1.29 is 19.5 Å². The lowest BCUT2D eigenvalue weighted by atomic mass is 9.93. The van der Waals surface area contributed by atoms with Gasteiger partial charge in [-0.15, -0.1) is 0 Å². The lowest BCUT2D eigenvalue weighted by Crippen LogP contribution is -2.46. The Morgan fingerprint density at radius 2 is 1.55 bits per heavy atom. The van der Waals surface area contributed by atoms with Crippen LogP contribution in [0.4, 0.5) is 16.2 Å². The number of nitrogens with one attached hydrogen (secondary N) is 2. The number of nitrogens with zero attached hydrogens (tertiary/aromatic N) is 4. The normalized spacial score (nSPS) is 13.9. The third-order valence-electron chi connectivity index (χ3n) is 9.22. The summed E-state index contributed by atoms with van der Waals surface area (Å²) in [7, 11) is 0. The Labute approximate surface area is 289 Å². The molecule has 2 heterocycles. The van der Waals surface area contributed by atoms with Gasteiger partial charge in [-0.05, 0) is 86.6 Å². The minimum absolute atomic E-state index is 0.133. The topological polar surface area (TPSA) is 120 Å². The molecule has 4 aromatic rings. The molecule has 258 valence electrons. The number of rotatable bonds is 12. The van der Waals surface area contributed by atoms with Gasteiger partial charge in [0.15, 0.2) is 5.69 Å². The smallest absolute Gasteiger partial charge is 0.323 e. The number of para-hydroxylation sites is 1. The number of aryl methyl sites for hydroxylation is 3. The minimum atomic E-state index is -0.439. The average molecular weight is 665 g/mol. The zero-order valence-electron chi connectivity index (χ0n) is 29.3. The summed E-state index contributed by atoms with van der Waals surface area (Å²) in [6.45, 7) is 11.4. The number of carbonyl (C=O) groups excluding carboxylic acids is 3. The number of anilines is 2. The molecule has 4 amide bonds. The molecule has 0 fully saturated rings. The number of unbranched alkanes of at least 4 members (excludes halogenated alkanes) is 2. The van der Waals surface area contributed by atoms with E-state index in [1.807, 2.05) is 68.1 Å². The van der Waals surface area contributed by atoms with Crippen molar-refractivity contribution >= 4 is 29.2 Å². The number of urea groups is 1. The third-order valence-corrected chi connectivity index (χ3v) is 9.22. The number of carbonyl (C=O) groups is 3. The van der Waals surface area contributed by atoms with Gasteiger partial charge in [-0.3, -0.25) is 9.59 Å². The summed E-state index contributed by atoms with van der Waals surface area (Å²) in [4.78, 5) is 45.0. The molecular weight excluding hydrogens is 616 g/mol. The molecule has 49 heavy (non-hydrogen) atoms. The Kier molecular flexibility index (Phi) is 11.5. The van der Waals surface area contributed by atoms with Crippen molar-refractivity contribution in [1.82, 2.24) is 19.6 Å². The molecule has 0 bridgehead atoms. The van der Waals surface area contributed by atoms with Gasteiger partial charge in [0.25, 0.3) is 11.8 Å². The lowest BCUT2D eigenvalue weighted by Gasteiger charge is -2.36. The largest absolute Gasteiger partial charge is 0.394 e. The number of aromatic nitrogens is 2. The Bertz CT molecular complexity index is 1790. The zero-order chi connectivity index (χ0) is 35.1. The van der Waals surface area contributed by atoms with Gasteiger partial charge < -0.3 is 25.5 Å². The van der Waals surface area contributed by atoms with E-state index in [0.29, 0.717) is 54.4 Å². The van der Waals surface area contributed by atoms with E-state index in [4.69, 9.17) is 5.10 Å². The molecule has 1 atom stereocenters. The highest BCUT2D eigenvalue weighted by atomic mass is 16.3. The van der Waals surface area contributed by atoms with Gasteiger partial charge in [-0.2, -0.15) is 5.10 Å². The van der Waals surface area contributed by atoms with Crippen molar-refractivity contribution in [3.05, 3.63) is 106 Å². The third kappa shape index (κ3) is 8.03. The predicted molar refractivity (Wildman–Crippen MR) is 193 cm³/mol. The zero-order valence-corrected chi connectivity index (χ0v) is 29.3. The van der Waals surface area contributed by atoms with E-state index >= 15 is 0 Å². The van der Waals surface area contributed by atoms with Crippen LogP contribution in [0.15, 0.2) is 66.7 Å². The van der Waals surface area contributed by atoms with Crippen molar-refractivity contribution in [3.63, 3.8) is 0 Å². The highest BCUT2D eigenvalue weighted by Gasteiger charge is 2.32. The Morgan fingerprint density at radius 3 is 2.20 bits per heavy atom. The number of amides is 4. The molecule has 10 heteroatoms. The molecule has 3 N–H and O–H groups in total. The fourth-order valence-corrected chi connectivity index (χ4v) is 6.40. The van der Waals surface area contributed by atoms with Gasteiger partial charge in [0.05, 0.1) is 23.9 Å². The van der Waals surface area contributed by atoms with Crippen LogP contribution >= 0.6 is 0 Å². The van der Waals surface area contributed by atoms with Gasteiger partial charge >= 0.3 is 6.03 Å². The number of hydrogen-bond donors (Lipinski definition) is 3. The van der Waals surface area contributed by atoms with Crippen LogP contribution in [0, 0.1) is 20.8 Å². The van der Waals surface area contributed by atoms with Gasteiger partial charge in [0.2, 0.25) is 0 Å². The summed E-state index contributed by atoms with van der Waals surface area (Å²) in [5.74, 6) is -0.441. The van der Waals surface area contributed by atoms with E-state index in [9.17, 15) is 19.5 Å². The summed E-state index contributed by atoms with van der Waals surface area (Å²) in [6.07, 6.45) is 4.30. The minimum Gasteiger partial charge on any atom is -0.394 e. The van der Waals surface area contributed by atoms with E-state index in [2.05, 4.69) is 24.5 Å². The van der Waals surface area contributed by atoms with Crippen LogP contribution in [-0.4, -0.2) is 68.3 Å². The Hall–Kier alpha value is -4.96. The lowest BCUT2D eigenvalue weighted by molar-refractivity contribution is 0.0544. The van der Waals surface area contributed by atoms with E-state index in [0.717, 1.165) is 53.6 Å². The molecule has 0 saturated heterocycles. The second kappa shape index (κ2) is 16.0. The van der Waals surface area contributed by atoms with E-state index in [1.54, 1.807) is 33.8 Å². The SMILES string of the molecule is CCCCN(CCCC)C(=O)c1cc(C)n(-c2ccc(NC(=O)Nc3c(C)cccc3C)cc2C(=O)N2Cc3ccccc3CC2CO)n1. The first-order valence-corrected chi connectivity index (χ1v) is 17.3. The summed E-state index contributed by atoms with van der Waals surface area (Å²) in [5, 5.41) is 21.0. The number of hydrogen-bond acceptors (Lipinski definition) is 5. The molecule has 0 radical (unpaired) electrons. The van der Waals surface area contributed by atoms with Crippen LogP contribution in [0.3, 0.4) is 0 Å². The Morgan fingerprint density at radius 1 is 0.878 bits per heavy atom. The monoisotopic (exact) mass is 664 g/mol. The summed E-state index contributed by atoms with van der Waals surface area (Å²) < 4.78 is 1.63. The van der Waals surface area contributed by atoms with Gasteiger partial charge in [0, 0.05) is 36.7 Å². The first-order chi connectivity index (χ1) is 23.6. The molecule has 10 nitrogen and oxygen atoms in total. The number of aliphatic hydroxyl groups is 1. The molecule has 1 unspecified atom stereocenters. The average Bonchev–Trinajstić information content (AvgIpc) is 3.49. The second-order valence-electron chi connectivity index (χ2n) is 12.9. The molecule has 3 aromatic carbocycles. The van der Waals surface area contributed by atoms with E-state index in [1.165, 1.54) is 0 Å². The van der Waals surface area contributed by atoms with Crippen molar-refractivity contribution in [2.45, 2.75) is 79.3 Å². The van der Waals surface area contributed by atoms with Gasteiger partial charge in [0.1, 0.15) is 0 Å². The maximum Gasteiger partial charge on any atom is 0.323 e. The van der Waals surface area contributed by atoms with E-state index in [-0.39, 0.29) is 18.4 Å². The molecule has 1 aliphatic heterocycles. The summed E-state index contributed by atoms with van der Waals surface area (Å²) in [6, 6.07) is 19.7. The van der Waals surface area contributed by atoms with Gasteiger partial charge in [-0.1, -0.05) is 69.2 Å². The first kappa shape index (κ1) is 35.3. The van der Waals surface area contributed by atoms with E-state index < -0.39 is 12.1 Å². The van der Waals surface area contributed by atoms with Crippen molar-refractivity contribution in [1.29, 1.82) is 0 Å². The molecular formula is C39H48N6O4. The molecule has 1 aromatic heterocycles. The molecule has 0 aliphatic carbocycles. The molecule has 0 spiro atoms. The van der Waals surface area contributed by atoms with Gasteiger partial charge in [-0.25, -0.2) is 9.48 Å². The van der Waals surface area contributed by atoms with Crippen LogP contribution in [0.1, 0.15) is 88.3 Å². The summed E-state index contributed by atoms with van der Waals surface area (Å²) >= 11 is 0. The van der Waals surface area contributed by atoms with Crippen molar-refractivity contribution in [2.75, 3.05) is 30.3 Å². The van der Waals surface area contributed by atoms with Crippen LogP contribution in [0.25, 0.3) is 5.69 Å². The number of aliphatic hydroxyl groups excluding tert-OH is 1. The fraction of sp³-hybridized carbons (Fsp3) is 0.385. The van der Waals surface area contributed by atoms with Crippen molar-refractivity contribution in [3.8, 4) is 5.69 Å². The van der Waals surface area contributed by atoms with Crippen LogP contribution in [-0.2, 0) is 13.0 Å². The summed E-state index contributed by atoms with van der Waals surface area (Å²) in [5.41, 5.74) is 6.92. The highest BCUT2D eigenvalue weighted by Crippen LogP contribution is 2.29. The standard InChI is InChI=1S/C39H48N6O4/c1-6-8-19-43(20-9-7-2)38(48)34-21-28(5)45(42-34)35-18-17-31(40-39(49)41-36-26(3)13-12-14-27(36)4)23-33(35)37(47)44-24-30-16-11-10-15-29(30)22-32(44)25-46/h10-18,21,23,32,46H,6-9,19-20,22,24-25H2,1-5H3,(H2,40,41,49). The molecule has 1 aliphatic rings. The number of fused-ring (bicyclic) bond motifs is 1. The quantitative estimate of drug-likeness (QED) is 0.150.